The fraction of sp³-hybridized carbons (Fsp3) is 0.0769. The third-order valence-corrected chi connectivity index (χ3v) is 2.93. The van der Waals surface area contributed by atoms with Gasteiger partial charge in [0.15, 0.2) is 0 Å². The van der Waals surface area contributed by atoms with Gasteiger partial charge in [0.25, 0.3) is 5.91 Å². The fourth-order valence-corrected chi connectivity index (χ4v) is 2.00. The van der Waals surface area contributed by atoms with Gasteiger partial charge in [0.1, 0.15) is 18.7 Å². The number of carbonyl (C=O) groups excluding carboxylic acids is 1. The molecule has 1 aromatic heterocycles. The first kappa shape index (κ1) is 11.0. The molecule has 0 radical (unpaired) electrons. The Bertz CT molecular complexity index is 632. The van der Waals surface area contributed by atoms with E-state index in [2.05, 4.69) is 4.98 Å². The molecule has 0 spiro atoms. The van der Waals surface area contributed by atoms with Gasteiger partial charge < -0.3 is 4.74 Å². The fourth-order valence-electron chi connectivity index (χ4n) is 1.82. The summed E-state index contributed by atoms with van der Waals surface area (Å²) < 4.78 is 6.95. The van der Waals surface area contributed by atoms with Crippen molar-refractivity contribution < 1.29 is 9.53 Å². The van der Waals surface area contributed by atoms with Crippen LogP contribution in [-0.2, 0) is 0 Å². The molecule has 0 fully saturated rings. The van der Waals surface area contributed by atoms with Crippen molar-refractivity contribution in [1.82, 2.24) is 9.55 Å². The number of carbonyl (C=O) groups is 1. The molecule has 0 N–H and O–H groups in total. The minimum atomic E-state index is -0.141. The maximum atomic E-state index is 12.1. The van der Waals surface area contributed by atoms with Crippen LogP contribution in [-0.4, -0.2) is 22.1 Å². The predicted octanol–water partition coefficient (Wildman–Crippen LogP) is 2.65. The molecule has 0 unspecified atom stereocenters. The van der Waals surface area contributed by atoms with Crippen LogP contribution in [0.15, 0.2) is 42.5 Å². The lowest BCUT2D eigenvalue weighted by atomic mass is 10.1. The highest BCUT2D eigenvalue weighted by atomic mass is 35.5. The van der Waals surface area contributed by atoms with Gasteiger partial charge in [-0.3, -0.25) is 9.36 Å². The van der Waals surface area contributed by atoms with Crippen molar-refractivity contribution >= 4 is 23.6 Å². The van der Waals surface area contributed by atoms with Gasteiger partial charge in [-0.1, -0.05) is 11.6 Å². The molecule has 1 aromatic carbocycles. The highest BCUT2D eigenvalue weighted by Gasteiger charge is 2.18. The number of benzene rings is 1. The number of hydrogen-bond donors (Lipinski definition) is 0. The van der Waals surface area contributed by atoms with Gasteiger partial charge in [0.2, 0.25) is 0 Å². The van der Waals surface area contributed by atoms with Crippen molar-refractivity contribution in [3.63, 3.8) is 0 Å². The van der Waals surface area contributed by atoms with E-state index in [1.54, 1.807) is 36.7 Å². The molecule has 1 aliphatic rings. The third kappa shape index (κ3) is 1.91. The van der Waals surface area contributed by atoms with Crippen LogP contribution < -0.4 is 4.74 Å². The molecule has 2 aromatic rings. The van der Waals surface area contributed by atoms with E-state index in [4.69, 9.17) is 16.3 Å². The Morgan fingerprint density at radius 3 is 3.11 bits per heavy atom. The van der Waals surface area contributed by atoms with Crippen LogP contribution >= 0.6 is 11.6 Å². The molecule has 5 heteroatoms. The molecule has 1 aliphatic heterocycles. The Morgan fingerprint density at radius 1 is 1.44 bits per heavy atom. The topological polar surface area (TPSA) is 44.1 Å². The van der Waals surface area contributed by atoms with Crippen LogP contribution in [0.3, 0.4) is 0 Å². The van der Waals surface area contributed by atoms with Crippen LogP contribution in [0.2, 0.25) is 5.02 Å². The predicted molar refractivity (Wildman–Crippen MR) is 67.8 cm³/mol. The number of rotatable bonds is 1. The molecule has 0 bridgehead atoms. The average molecular weight is 261 g/mol. The Labute approximate surface area is 108 Å². The molecule has 0 saturated heterocycles. The molecule has 90 valence electrons. The molecule has 0 atom stereocenters. The van der Waals surface area contributed by atoms with Gasteiger partial charge >= 0.3 is 0 Å². The molecule has 0 saturated carbocycles. The van der Waals surface area contributed by atoms with Gasteiger partial charge in [-0.05, 0) is 24.3 Å². The van der Waals surface area contributed by atoms with Crippen molar-refractivity contribution in [2.75, 3.05) is 6.61 Å². The first-order valence-corrected chi connectivity index (χ1v) is 5.77. The average Bonchev–Trinajstić information content (AvgIpc) is 2.90. The smallest absolute Gasteiger partial charge is 0.262 e. The second-order valence-corrected chi connectivity index (χ2v) is 4.35. The number of ether oxygens (including phenoxy) is 1. The molecule has 3 rings (SSSR count). The van der Waals surface area contributed by atoms with Crippen molar-refractivity contribution in [3.05, 3.63) is 53.1 Å². The Kier molecular flexibility index (Phi) is 2.64. The van der Waals surface area contributed by atoms with Gasteiger partial charge in [-0.2, -0.15) is 0 Å². The molecular weight excluding hydrogens is 252 g/mol. The Balaban J connectivity index is 1.98. The van der Waals surface area contributed by atoms with Gasteiger partial charge in [0, 0.05) is 23.0 Å². The first-order valence-electron chi connectivity index (χ1n) is 5.39. The minimum absolute atomic E-state index is 0.141. The minimum Gasteiger partial charge on any atom is -0.488 e. The monoisotopic (exact) mass is 260 g/mol. The van der Waals surface area contributed by atoms with Crippen LogP contribution in [0.4, 0.5) is 0 Å². The zero-order valence-electron chi connectivity index (χ0n) is 9.34. The Morgan fingerprint density at radius 2 is 2.33 bits per heavy atom. The van der Waals surface area contributed by atoms with Gasteiger partial charge in [0.05, 0.1) is 5.57 Å². The zero-order chi connectivity index (χ0) is 12.5. The second kappa shape index (κ2) is 4.31. The summed E-state index contributed by atoms with van der Waals surface area (Å²) in [5.74, 6) is 0.597. The van der Waals surface area contributed by atoms with E-state index >= 15 is 0 Å². The summed E-state index contributed by atoms with van der Waals surface area (Å²) in [7, 11) is 0. The second-order valence-electron chi connectivity index (χ2n) is 3.92. The standard InChI is InChI=1S/C13H9ClN2O2/c14-11-1-2-12-9(6-11)5-10(7-18-12)13(17)16-4-3-15-8-16/h1-6,8H,7H2. The highest BCUT2D eigenvalue weighted by Crippen LogP contribution is 2.29. The molecule has 0 aliphatic carbocycles. The lowest BCUT2D eigenvalue weighted by molar-refractivity contribution is 0.0943. The summed E-state index contributed by atoms with van der Waals surface area (Å²) in [5, 5.41) is 0.616. The third-order valence-electron chi connectivity index (χ3n) is 2.70. The summed E-state index contributed by atoms with van der Waals surface area (Å²) in [5.41, 5.74) is 1.39. The zero-order valence-corrected chi connectivity index (χ0v) is 10.1. The lowest BCUT2D eigenvalue weighted by Crippen LogP contribution is -2.19. The Hall–Kier alpha value is -2.07. The number of nitrogens with zero attached hydrogens (tertiary/aromatic N) is 2. The van der Waals surface area contributed by atoms with E-state index < -0.39 is 0 Å². The van der Waals surface area contributed by atoms with Crippen LogP contribution in [0, 0.1) is 0 Å². The van der Waals surface area contributed by atoms with Crippen molar-refractivity contribution in [3.8, 4) is 5.75 Å². The number of imidazole rings is 1. The number of fused-ring (bicyclic) bond motifs is 1. The van der Waals surface area contributed by atoms with Crippen molar-refractivity contribution in [2.45, 2.75) is 0 Å². The summed E-state index contributed by atoms with van der Waals surface area (Å²) in [6.45, 7) is 0.256. The first-order chi connectivity index (χ1) is 8.74. The maximum absolute atomic E-state index is 12.1. The van der Waals surface area contributed by atoms with E-state index in [0.717, 1.165) is 11.3 Å². The molecule has 18 heavy (non-hydrogen) atoms. The normalized spacial score (nSPS) is 13.5. The summed E-state index contributed by atoms with van der Waals surface area (Å²) in [6, 6.07) is 5.33. The highest BCUT2D eigenvalue weighted by molar-refractivity contribution is 6.30. The largest absolute Gasteiger partial charge is 0.488 e. The van der Waals surface area contributed by atoms with Crippen molar-refractivity contribution in [1.29, 1.82) is 0 Å². The lowest BCUT2D eigenvalue weighted by Gasteiger charge is -2.17. The number of halogens is 1. The number of aromatic nitrogens is 2. The number of hydrogen-bond acceptors (Lipinski definition) is 3. The maximum Gasteiger partial charge on any atom is 0.262 e. The van der Waals surface area contributed by atoms with Crippen molar-refractivity contribution in [2.24, 2.45) is 0 Å². The van der Waals surface area contributed by atoms with E-state index in [-0.39, 0.29) is 12.5 Å². The van der Waals surface area contributed by atoms with Crippen LogP contribution in [0.25, 0.3) is 6.08 Å². The quantitative estimate of drug-likeness (QED) is 0.792. The van der Waals surface area contributed by atoms with Gasteiger partial charge in [-0.25, -0.2) is 4.98 Å². The molecule has 4 nitrogen and oxygen atoms in total. The van der Waals surface area contributed by atoms with Gasteiger partial charge in [-0.15, -0.1) is 0 Å². The molecule has 2 heterocycles. The van der Waals surface area contributed by atoms with Crippen LogP contribution in [0.1, 0.15) is 10.4 Å². The SMILES string of the molecule is O=C(C1=Cc2cc(Cl)ccc2OC1)n1ccnc1. The molecular formula is C13H9ClN2O2. The summed E-state index contributed by atoms with van der Waals surface area (Å²) in [6.07, 6.45) is 6.44. The summed E-state index contributed by atoms with van der Waals surface area (Å²) >= 11 is 5.92. The van der Waals surface area contributed by atoms with E-state index in [1.165, 1.54) is 10.9 Å². The van der Waals surface area contributed by atoms with Crippen LogP contribution in [0.5, 0.6) is 5.75 Å². The molecule has 0 amide bonds. The van der Waals surface area contributed by atoms with E-state index in [1.807, 2.05) is 0 Å². The summed E-state index contributed by atoms with van der Waals surface area (Å²) in [4.78, 5) is 15.9. The van der Waals surface area contributed by atoms with E-state index in [0.29, 0.717) is 10.6 Å². The van der Waals surface area contributed by atoms with E-state index in [9.17, 15) is 4.79 Å².